The first-order chi connectivity index (χ1) is 15.2. The molecule has 1 aliphatic carbocycles. The number of nitrogens with zero attached hydrogens (tertiary/aromatic N) is 3. The lowest BCUT2D eigenvalue weighted by atomic mass is 9.86. The Kier molecular flexibility index (Phi) is 6.65. The van der Waals surface area contributed by atoms with Gasteiger partial charge in [0.15, 0.2) is 5.78 Å². The predicted octanol–water partition coefficient (Wildman–Crippen LogP) is 2.58. The maximum atomic E-state index is 13.5. The standard InChI is InChI=1S/C24H31N5O2/c1-3-28(4-2)14-15-29-20-10-9-19(26-12-11-25-13-16-30)21-22(20)23(27-29)17-7-5-6-8-18(17)24(21)31/h5-10,25-26,30H,3-4,11-16H2,1-2H3. The molecule has 0 spiro atoms. The van der Waals surface area contributed by atoms with Crippen molar-refractivity contribution in [3.63, 3.8) is 0 Å². The number of hydrogen-bond acceptors (Lipinski definition) is 6. The van der Waals surface area contributed by atoms with Gasteiger partial charge in [-0.3, -0.25) is 9.48 Å². The van der Waals surface area contributed by atoms with Crippen molar-refractivity contribution in [3.05, 3.63) is 47.5 Å². The van der Waals surface area contributed by atoms with Crippen molar-refractivity contribution >= 4 is 22.4 Å². The Morgan fingerprint density at radius 1 is 1.03 bits per heavy atom. The number of rotatable bonds is 11. The summed E-state index contributed by atoms with van der Waals surface area (Å²) in [6.45, 7) is 10.1. The van der Waals surface area contributed by atoms with E-state index in [1.807, 2.05) is 30.3 Å². The first kappa shape index (κ1) is 21.5. The fourth-order valence-electron chi connectivity index (χ4n) is 4.30. The summed E-state index contributed by atoms with van der Waals surface area (Å²) in [7, 11) is 0. The highest BCUT2D eigenvalue weighted by atomic mass is 16.3. The molecule has 31 heavy (non-hydrogen) atoms. The quantitative estimate of drug-likeness (QED) is 0.323. The van der Waals surface area contributed by atoms with Crippen LogP contribution in [0.3, 0.4) is 0 Å². The molecule has 1 heterocycles. The number of hydrogen-bond donors (Lipinski definition) is 3. The van der Waals surface area contributed by atoms with E-state index in [9.17, 15) is 4.79 Å². The van der Waals surface area contributed by atoms with Crippen LogP contribution in [0.15, 0.2) is 36.4 Å². The summed E-state index contributed by atoms with van der Waals surface area (Å²) in [6, 6.07) is 11.8. The van der Waals surface area contributed by atoms with E-state index in [1.165, 1.54) is 0 Å². The fourth-order valence-corrected chi connectivity index (χ4v) is 4.30. The third-order valence-corrected chi connectivity index (χ3v) is 6.00. The van der Waals surface area contributed by atoms with E-state index in [-0.39, 0.29) is 12.4 Å². The first-order valence-corrected chi connectivity index (χ1v) is 11.1. The first-order valence-electron chi connectivity index (χ1n) is 11.1. The maximum absolute atomic E-state index is 13.5. The number of anilines is 1. The Morgan fingerprint density at radius 2 is 1.81 bits per heavy atom. The van der Waals surface area contributed by atoms with E-state index >= 15 is 0 Å². The molecule has 7 nitrogen and oxygen atoms in total. The Morgan fingerprint density at radius 3 is 2.55 bits per heavy atom. The molecule has 3 aromatic rings. The van der Waals surface area contributed by atoms with E-state index in [1.54, 1.807) is 0 Å². The molecular formula is C24H31N5O2. The number of aliphatic hydroxyl groups is 1. The minimum atomic E-state index is 0.0443. The van der Waals surface area contributed by atoms with E-state index < -0.39 is 0 Å². The van der Waals surface area contributed by atoms with Crippen LogP contribution in [0.1, 0.15) is 29.8 Å². The van der Waals surface area contributed by atoms with E-state index in [2.05, 4.69) is 40.1 Å². The van der Waals surface area contributed by atoms with Gasteiger partial charge in [0.2, 0.25) is 0 Å². The molecule has 0 aliphatic heterocycles. The smallest absolute Gasteiger partial charge is 0.196 e. The minimum absolute atomic E-state index is 0.0443. The molecule has 1 aromatic heterocycles. The molecule has 2 aromatic carbocycles. The highest BCUT2D eigenvalue weighted by Gasteiger charge is 2.30. The van der Waals surface area contributed by atoms with E-state index in [4.69, 9.17) is 10.2 Å². The number of carbonyl (C=O) groups is 1. The van der Waals surface area contributed by atoms with Gasteiger partial charge >= 0.3 is 0 Å². The van der Waals surface area contributed by atoms with Gasteiger partial charge in [0.05, 0.1) is 24.2 Å². The second kappa shape index (κ2) is 9.60. The van der Waals surface area contributed by atoms with Crippen LogP contribution >= 0.6 is 0 Å². The van der Waals surface area contributed by atoms with Crippen LogP contribution in [-0.2, 0) is 6.54 Å². The zero-order valence-corrected chi connectivity index (χ0v) is 18.3. The highest BCUT2D eigenvalue weighted by Crippen LogP contribution is 2.41. The zero-order valence-electron chi connectivity index (χ0n) is 18.3. The van der Waals surface area contributed by atoms with Gasteiger partial charge in [-0.2, -0.15) is 5.10 Å². The zero-order chi connectivity index (χ0) is 21.8. The summed E-state index contributed by atoms with van der Waals surface area (Å²) in [4.78, 5) is 15.9. The molecule has 164 valence electrons. The second-order valence-corrected chi connectivity index (χ2v) is 7.76. The fraction of sp³-hybridized carbons (Fsp3) is 0.417. The van der Waals surface area contributed by atoms with Crippen molar-refractivity contribution in [3.8, 4) is 11.3 Å². The van der Waals surface area contributed by atoms with E-state index in [0.717, 1.165) is 54.0 Å². The molecular weight excluding hydrogens is 390 g/mol. The number of carbonyl (C=O) groups excluding carboxylic acids is 1. The average Bonchev–Trinajstić information content (AvgIpc) is 3.17. The number of fused-ring (bicyclic) bond motifs is 2. The SMILES string of the molecule is CCN(CC)CCn1nc2c3c(c(NCCNCCO)ccc31)C(=O)c1ccccc1-2. The van der Waals surface area contributed by atoms with Crippen LogP contribution in [0.25, 0.3) is 22.2 Å². The Balaban J connectivity index is 1.74. The molecule has 3 N–H and O–H groups in total. The minimum Gasteiger partial charge on any atom is -0.395 e. The summed E-state index contributed by atoms with van der Waals surface area (Å²) in [5.41, 5.74) is 5.06. The topological polar surface area (TPSA) is 82.4 Å². The normalized spacial score (nSPS) is 12.6. The molecule has 0 saturated heterocycles. The molecule has 7 heteroatoms. The number of aliphatic hydroxyl groups excluding tert-OH is 1. The molecule has 0 atom stereocenters. The summed E-state index contributed by atoms with van der Waals surface area (Å²) >= 11 is 0. The largest absolute Gasteiger partial charge is 0.395 e. The second-order valence-electron chi connectivity index (χ2n) is 7.76. The molecule has 0 radical (unpaired) electrons. The summed E-state index contributed by atoms with van der Waals surface area (Å²) in [6.07, 6.45) is 0. The summed E-state index contributed by atoms with van der Waals surface area (Å²) in [5.74, 6) is 0.0443. The van der Waals surface area contributed by atoms with Crippen molar-refractivity contribution in [1.82, 2.24) is 20.0 Å². The molecule has 0 unspecified atom stereocenters. The van der Waals surface area contributed by atoms with Gasteiger partial charge in [-0.15, -0.1) is 0 Å². The van der Waals surface area contributed by atoms with Gasteiger partial charge in [0, 0.05) is 48.4 Å². The van der Waals surface area contributed by atoms with E-state index in [0.29, 0.717) is 30.8 Å². The van der Waals surface area contributed by atoms with Crippen LogP contribution in [-0.4, -0.2) is 71.4 Å². The van der Waals surface area contributed by atoms with Crippen LogP contribution in [0, 0.1) is 0 Å². The molecule has 0 fully saturated rings. The molecule has 0 saturated carbocycles. The molecule has 4 rings (SSSR count). The average molecular weight is 422 g/mol. The van der Waals surface area contributed by atoms with Crippen molar-refractivity contribution in [1.29, 1.82) is 0 Å². The predicted molar refractivity (Wildman–Crippen MR) is 125 cm³/mol. The van der Waals surface area contributed by atoms with Crippen LogP contribution in [0.2, 0.25) is 0 Å². The molecule has 0 amide bonds. The lowest BCUT2D eigenvalue weighted by molar-refractivity contribution is 0.104. The van der Waals surface area contributed by atoms with Gasteiger partial charge in [-0.25, -0.2) is 0 Å². The molecule has 0 bridgehead atoms. The number of nitrogens with one attached hydrogen (secondary N) is 2. The van der Waals surface area contributed by atoms with Gasteiger partial charge in [-0.1, -0.05) is 38.1 Å². The Hall–Kier alpha value is -2.74. The van der Waals surface area contributed by atoms with Gasteiger partial charge in [-0.05, 0) is 25.2 Å². The number of benzene rings is 2. The van der Waals surface area contributed by atoms with Crippen LogP contribution in [0.5, 0.6) is 0 Å². The monoisotopic (exact) mass is 421 g/mol. The van der Waals surface area contributed by atoms with Crippen molar-refractivity contribution in [2.45, 2.75) is 20.4 Å². The maximum Gasteiger partial charge on any atom is 0.196 e. The third-order valence-electron chi connectivity index (χ3n) is 6.00. The van der Waals surface area contributed by atoms with Gasteiger partial charge in [0.25, 0.3) is 0 Å². The van der Waals surface area contributed by atoms with Crippen molar-refractivity contribution < 1.29 is 9.90 Å². The summed E-state index contributed by atoms with van der Waals surface area (Å²) < 4.78 is 2.05. The lowest BCUT2D eigenvalue weighted by Gasteiger charge is -2.19. The third kappa shape index (κ3) is 4.08. The lowest BCUT2D eigenvalue weighted by Crippen LogP contribution is -2.27. The number of ketones is 1. The number of aromatic nitrogens is 2. The Labute approximate surface area is 183 Å². The molecule has 1 aliphatic rings. The Bertz CT molecular complexity index is 1070. The number of likely N-dealkylation sites (N-methyl/N-ethyl adjacent to an activating group) is 1. The van der Waals surface area contributed by atoms with Crippen molar-refractivity contribution in [2.24, 2.45) is 0 Å². The van der Waals surface area contributed by atoms with Gasteiger partial charge < -0.3 is 20.6 Å². The van der Waals surface area contributed by atoms with Crippen LogP contribution in [0.4, 0.5) is 5.69 Å². The van der Waals surface area contributed by atoms with Gasteiger partial charge in [0.1, 0.15) is 5.69 Å². The van der Waals surface area contributed by atoms with Crippen LogP contribution < -0.4 is 10.6 Å². The summed E-state index contributed by atoms with van der Waals surface area (Å²) in [5, 5.41) is 21.4. The van der Waals surface area contributed by atoms with Crippen molar-refractivity contribution in [2.75, 3.05) is 51.2 Å². The highest BCUT2D eigenvalue weighted by molar-refractivity contribution is 6.27.